The van der Waals surface area contributed by atoms with Crippen LogP contribution in [-0.4, -0.2) is 24.3 Å². The molecular weight excluding hydrogens is 249 g/mol. The molecule has 5 heteroatoms. The summed E-state index contributed by atoms with van der Waals surface area (Å²) in [5, 5.41) is 2.40. The van der Waals surface area contributed by atoms with E-state index in [1.165, 1.54) is 0 Å². The molecule has 0 aliphatic carbocycles. The van der Waals surface area contributed by atoms with E-state index >= 15 is 0 Å². The molecule has 0 radical (unpaired) electrons. The molecule has 19 heavy (non-hydrogen) atoms. The lowest BCUT2D eigenvalue weighted by Gasteiger charge is -2.20. The standard InChI is InChI=1S/C14H18FNO3/c1-14(2,3)19-13(18)16-9-11(12(15)17)10-7-5-4-6-8-10/h4-8,11H,9H2,1-3H3,(H,16,18)/t11-/m1/s1. The van der Waals surface area contributed by atoms with Crippen LogP contribution in [0.1, 0.15) is 32.3 Å². The van der Waals surface area contributed by atoms with Crippen LogP contribution in [0.4, 0.5) is 9.18 Å². The first-order chi connectivity index (χ1) is 8.79. The van der Waals surface area contributed by atoms with Crippen LogP contribution < -0.4 is 5.32 Å². The number of carbonyl (C=O) groups excluding carboxylic acids is 2. The molecule has 1 aromatic rings. The number of nitrogens with one attached hydrogen (secondary N) is 1. The van der Waals surface area contributed by atoms with Gasteiger partial charge in [-0.05, 0) is 26.3 Å². The Morgan fingerprint density at radius 2 is 1.84 bits per heavy atom. The maximum absolute atomic E-state index is 13.0. The van der Waals surface area contributed by atoms with Crippen LogP contribution in [0.3, 0.4) is 0 Å². The molecule has 1 atom stereocenters. The van der Waals surface area contributed by atoms with Crippen molar-refractivity contribution in [2.45, 2.75) is 32.3 Å². The number of benzene rings is 1. The van der Waals surface area contributed by atoms with Gasteiger partial charge in [0.05, 0.1) is 5.92 Å². The summed E-state index contributed by atoms with van der Waals surface area (Å²) in [6.07, 6.45) is -0.672. The molecule has 0 saturated carbocycles. The topological polar surface area (TPSA) is 55.4 Å². The van der Waals surface area contributed by atoms with Crippen molar-refractivity contribution in [2.24, 2.45) is 0 Å². The van der Waals surface area contributed by atoms with Crippen LogP contribution >= 0.6 is 0 Å². The SMILES string of the molecule is CC(C)(C)OC(=O)NC[C@@H](C(=O)F)c1ccccc1. The molecule has 1 rings (SSSR count). The smallest absolute Gasteiger partial charge is 0.407 e. The van der Waals surface area contributed by atoms with E-state index in [4.69, 9.17) is 4.74 Å². The Morgan fingerprint density at radius 3 is 2.32 bits per heavy atom. The molecule has 0 aromatic heterocycles. The normalized spacial score (nSPS) is 12.6. The Hall–Kier alpha value is -1.91. The van der Waals surface area contributed by atoms with Crippen LogP contribution in [-0.2, 0) is 9.53 Å². The summed E-state index contributed by atoms with van der Waals surface area (Å²) in [4.78, 5) is 22.4. The maximum atomic E-state index is 13.0. The van der Waals surface area contributed by atoms with Gasteiger partial charge in [-0.2, -0.15) is 4.39 Å². The fourth-order valence-electron chi connectivity index (χ4n) is 1.51. The zero-order valence-corrected chi connectivity index (χ0v) is 11.3. The van der Waals surface area contributed by atoms with Gasteiger partial charge in [-0.1, -0.05) is 30.3 Å². The minimum atomic E-state index is -1.48. The molecule has 1 amide bonds. The van der Waals surface area contributed by atoms with Gasteiger partial charge in [-0.3, -0.25) is 4.79 Å². The third kappa shape index (κ3) is 5.50. The second kappa shape index (κ2) is 6.31. The predicted octanol–water partition coefficient (Wildman–Crippen LogP) is 2.79. The van der Waals surface area contributed by atoms with E-state index < -0.39 is 23.6 Å². The maximum Gasteiger partial charge on any atom is 0.407 e. The molecule has 1 N–H and O–H groups in total. The van der Waals surface area contributed by atoms with E-state index in [-0.39, 0.29) is 6.54 Å². The number of ether oxygens (including phenoxy) is 1. The molecule has 0 heterocycles. The van der Waals surface area contributed by atoms with Crippen molar-refractivity contribution in [3.8, 4) is 0 Å². The van der Waals surface area contributed by atoms with Crippen molar-refractivity contribution in [1.29, 1.82) is 0 Å². The predicted molar refractivity (Wildman–Crippen MR) is 69.5 cm³/mol. The Kier molecular flexibility index (Phi) is 5.03. The molecule has 1 aromatic carbocycles. The number of amides is 1. The van der Waals surface area contributed by atoms with Gasteiger partial charge in [0.25, 0.3) is 0 Å². The highest BCUT2D eigenvalue weighted by atomic mass is 19.1. The number of hydrogen-bond acceptors (Lipinski definition) is 3. The van der Waals surface area contributed by atoms with Gasteiger partial charge in [0.2, 0.25) is 0 Å². The molecule has 0 saturated heterocycles. The van der Waals surface area contributed by atoms with E-state index in [1.807, 2.05) is 0 Å². The van der Waals surface area contributed by atoms with Gasteiger partial charge in [-0.15, -0.1) is 0 Å². The van der Waals surface area contributed by atoms with E-state index in [2.05, 4.69) is 5.32 Å². The quantitative estimate of drug-likeness (QED) is 0.853. The molecule has 0 spiro atoms. The Balaban J connectivity index is 2.62. The van der Waals surface area contributed by atoms with Gasteiger partial charge in [0, 0.05) is 6.54 Å². The Morgan fingerprint density at radius 1 is 1.26 bits per heavy atom. The van der Waals surface area contributed by atoms with Crippen LogP contribution in [0.15, 0.2) is 30.3 Å². The minimum Gasteiger partial charge on any atom is -0.444 e. The summed E-state index contributed by atoms with van der Waals surface area (Å²) in [5.74, 6) is -1.01. The lowest BCUT2D eigenvalue weighted by molar-refractivity contribution is -0.130. The molecule has 0 aliphatic heterocycles. The van der Waals surface area contributed by atoms with Crippen LogP contribution in [0.25, 0.3) is 0 Å². The average molecular weight is 267 g/mol. The van der Waals surface area contributed by atoms with Gasteiger partial charge in [0.1, 0.15) is 5.60 Å². The second-order valence-electron chi connectivity index (χ2n) is 5.15. The number of halogens is 1. The van der Waals surface area contributed by atoms with E-state index in [9.17, 15) is 14.0 Å². The van der Waals surface area contributed by atoms with Gasteiger partial charge in [0.15, 0.2) is 0 Å². The summed E-state index contributed by atoms with van der Waals surface area (Å²) in [6, 6.07) is 6.97. The van der Waals surface area contributed by atoms with Crippen LogP contribution in [0.5, 0.6) is 0 Å². The number of carbonyl (C=O) groups is 2. The highest BCUT2D eigenvalue weighted by Crippen LogP contribution is 2.16. The fourth-order valence-corrected chi connectivity index (χ4v) is 1.51. The van der Waals surface area contributed by atoms with Crippen molar-refractivity contribution < 1.29 is 18.7 Å². The second-order valence-corrected chi connectivity index (χ2v) is 5.15. The number of hydrogen-bond donors (Lipinski definition) is 1. The van der Waals surface area contributed by atoms with E-state index in [0.717, 1.165) is 0 Å². The highest BCUT2D eigenvalue weighted by Gasteiger charge is 2.22. The van der Waals surface area contributed by atoms with Gasteiger partial charge >= 0.3 is 12.1 Å². The number of alkyl carbamates (subject to hydrolysis) is 1. The Bertz CT molecular complexity index is 440. The molecule has 0 fully saturated rings. The third-order valence-corrected chi connectivity index (χ3v) is 2.33. The summed E-state index contributed by atoms with van der Waals surface area (Å²) < 4.78 is 18.0. The van der Waals surface area contributed by atoms with Gasteiger partial charge in [-0.25, -0.2) is 4.79 Å². The molecule has 0 unspecified atom stereocenters. The largest absolute Gasteiger partial charge is 0.444 e. The zero-order chi connectivity index (χ0) is 14.5. The third-order valence-electron chi connectivity index (χ3n) is 2.33. The molecular formula is C14H18FNO3. The van der Waals surface area contributed by atoms with Gasteiger partial charge < -0.3 is 10.1 Å². The summed E-state index contributed by atoms with van der Waals surface area (Å²) in [6.45, 7) is 5.04. The first-order valence-corrected chi connectivity index (χ1v) is 6.01. The van der Waals surface area contributed by atoms with E-state index in [0.29, 0.717) is 5.56 Å². The zero-order valence-electron chi connectivity index (χ0n) is 11.3. The lowest BCUT2D eigenvalue weighted by atomic mass is 10.00. The summed E-state index contributed by atoms with van der Waals surface area (Å²) in [5.41, 5.74) is -0.113. The average Bonchev–Trinajstić information content (AvgIpc) is 2.27. The van der Waals surface area contributed by atoms with Crippen LogP contribution in [0.2, 0.25) is 0 Å². The molecule has 4 nitrogen and oxygen atoms in total. The Labute approximate surface area is 112 Å². The highest BCUT2D eigenvalue weighted by molar-refractivity contribution is 5.78. The monoisotopic (exact) mass is 267 g/mol. The van der Waals surface area contributed by atoms with Crippen molar-refractivity contribution in [1.82, 2.24) is 5.32 Å². The number of rotatable bonds is 4. The molecule has 0 bridgehead atoms. The summed E-state index contributed by atoms with van der Waals surface area (Å²) >= 11 is 0. The van der Waals surface area contributed by atoms with Crippen molar-refractivity contribution in [3.63, 3.8) is 0 Å². The first kappa shape index (κ1) is 15.1. The first-order valence-electron chi connectivity index (χ1n) is 6.01. The van der Waals surface area contributed by atoms with E-state index in [1.54, 1.807) is 51.1 Å². The van der Waals surface area contributed by atoms with Crippen molar-refractivity contribution in [2.75, 3.05) is 6.54 Å². The molecule has 104 valence electrons. The van der Waals surface area contributed by atoms with Crippen molar-refractivity contribution in [3.05, 3.63) is 35.9 Å². The molecule has 0 aliphatic rings. The van der Waals surface area contributed by atoms with Crippen molar-refractivity contribution >= 4 is 12.1 Å². The minimum absolute atomic E-state index is 0.131. The summed E-state index contributed by atoms with van der Waals surface area (Å²) in [7, 11) is 0. The van der Waals surface area contributed by atoms with Crippen LogP contribution in [0, 0.1) is 0 Å². The lowest BCUT2D eigenvalue weighted by Crippen LogP contribution is -2.35. The fraction of sp³-hybridized carbons (Fsp3) is 0.429.